The molecule has 0 unspecified atom stereocenters. The zero-order valence-electron chi connectivity index (χ0n) is 9.47. The summed E-state index contributed by atoms with van der Waals surface area (Å²) in [4.78, 5) is 0. The van der Waals surface area contributed by atoms with Crippen molar-refractivity contribution in [2.75, 3.05) is 13.2 Å². The Bertz CT molecular complexity index is 309. The van der Waals surface area contributed by atoms with Gasteiger partial charge < -0.3 is 9.47 Å². The van der Waals surface area contributed by atoms with E-state index in [1.807, 2.05) is 18.2 Å². The van der Waals surface area contributed by atoms with Crippen LogP contribution in [0, 0.1) is 0 Å². The molecule has 0 N–H and O–H groups in total. The summed E-state index contributed by atoms with van der Waals surface area (Å²) in [5, 5.41) is 0. The number of allylic oxidation sites excluding steroid dienone is 1. The maximum atomic E-state index is 5.66. The SMILES string of the molecule is C1=CCO[C@H](COCc2ccccc2)CC1. The molecular formula is C14H18O2. The van der Waals surface area contributed by atoms with Gasteiger partial charge in [-0.3, -0.25) is 0 Å². The van der Waals surface area contributed by atoms with Gasteiger partial charge in [0.2, 0.25) is 0 Å². The smallest absolute Gasteiger partial charge is 0.0815 e. The lowest BCUT2D eigenvalue weighted by molar-refractivity contribution is -0.0124. The zero-order valence-corrected chi connectivity index (χ0v) is 9.47. The molecule has 0 saturated heterocycles. The van der Waals surface area contributed by atoms with E-state index in [1.165, 1.54) is 5.56 Å². The summed E-state index contributed by atoms with van der Waals surface area (Å²) in [7, 11) is 0. The highest BCUT2D eigenvalue weighted by Crippen LogP contribution is 2.09. The maximum absolute atomic E-state index is 5.66. The first-order valence-corrected chi connectivity index (χ1v) is 5.83. The largest absolute Gasteiger partial charge is 0.374 e. The van der Waals surface area contributed by atoms with Crippen LogP contribution in [-0.2, 0) is 16.1 Å². The van der Waals surface area contributed by atoms with Crippen molar-refractivity contribution in [3.05, 3.63) is 48.0 Å². The van der Waals surface area contributed by atoms with Gasteiger partial charge in [0.05, 0.1) is 25.9 Å². The van der Waals surface area contributed by atoms with E-state index in [0.717, 1.165) is 19.4 Å². The molecule has 0 amide bonds. The fourth-order valence-corrected chi connectivity index (χ4v) is 1.76. The molecule has 1 aromatic rings. The summed E-state index contributed by atoms with van der Waals surface area (Å²) in [5.74, 6) is 0. The van der Waals surface area contributed by atoms with Crippen molar-refractivity contribution >= 4 is 0 Å². The Morgan fingerprint density at radius 2 is 2.06 bits per heavy atom. The van der Waals surface area contributed by atoms with Crippen LogP contribution in [0.3, 0.4) is 0 Å². The average Bonchev–Trinajstić information content (AvgIpc) is 2.59. The van der Waals surface area contributed by atoms with Gasteiger partial charge in [0, 0.05) is 0 Å². The maximum Gasteiger partial charge on any atom is 0.0815 e. The second-order valence-electron chi connectivity index (χ2n) is 4.00. The Hall–Kier alpha value is -1.12. The quantitative estimate of drug-likeness (QED) is 0.723. The molecule has 1 aliphatic rings. The minimum Gasteiger partial charge on any atom is -0.374 e. The molecule has 86 valence electrons. The van der Waals surface area contributed by atoms with E-state index in [1.54, 1.807) is 0 Å². The van der Waals surface area contributed by atoms with Gasteiger partial charge in [-0.25, -0.2) is 0 Å². The van der Waals surface area contributed by atoms with Gasteiger partial charge in [-0.05, 0) is 18.4 Å². The highest BCUT2D eigenvalue weighted by Gasteiger charge is 2.09. The van der Waals surface area contributed by atoms with Gasteiger partial charge in [0.15, 0.2) is 0 Å². The molecule has 0 fully saturated rings. The van der Waals surface area contributed by atoms with Crippen molar-refractivity contribution in [2.45, 2.75) is 25.6 Å². The normalized spacial score (nSPS) is 20.6. The van der Waals surface area contributed by atoms with Crippen molar-refractivity contribution < 1.29 is 9.47 Å². The number of hydrogen-bond acceptors (Lipinski definition) is 2. The van der Waals surface area contributed by atoms with Crippen LogP contribution in [0.5, 0.6) is 0 Å². The molecular weight excluding hydrogens is 200 g/mol. The molecule has 2 rings (SSSR count). The Balaban J connectivity index is 1.68. The van der Waals surface area contributed by atoms with E-state index in [0.29, 0.717) is 13.2 Å². The summed E-state index contributed by atoms with van der Waals surface area (Å²) in [5.41, 5.74) is 1.22. The molecule has 1 aliphatic heterocycles. The third-order valence-corrected chi connectivity index (χ3v) is 2.67. The van der Waals surface area contributed by atoms with Gasteiger partial charge in [0.1, 0.15) is 0 Å². The second kappa shape index (κ2) is 6.46. The lowest BCUT2D eigenvalue weighted by Crippen LogP contribution is -2.18. The van der Waals surface area contributed by atoms with Crippen molar-refractivity contribution in [2.24, 2.45) is 0 Å². The van der Waals surface area contributed by atoms with E-state index in [4.69, 9.17) is 9.47 Å². The molecule has 0 bridgehead atoms. The molecule has 0 aliphatic carbocycles. The van der Waals surface area contributed by atoms with Crippen molar-refractivity contribution in [3.63, 3.8) is 0 Å². The molecule has 2 nitrogen and oxygen atoms in total. The summed E-state index contributed by atoms with van der Waals surface area (Å²) < 4.78 is 11.3. The Kier molecular flexibility index (Phi) is 4.59. The van der Waals surface area contributed by atoms with Crippen LogP contribution >= 0.6 is 0 Å². The third kappa shape index (κ3) is 3.80. The van der Waals surface area contributed by atoms with Crippen LogP contribution in [0.15, 0.2) is 42.5 Å². The van der Waals surface area contributed by atoms with Gasteiger partial charge in [0.25, 0.3) is 0 Å². The fraction of sp³-hybridized carbons (Fsp3) is 0.429. The van der Waals surface area contributed by atoms with Crippen LogP contribution < -0.4 is 0 Å². The Morgan fingerprint density at radius 3 is 2.94 bits per heavy atom. The van der Waals surface area contributed by atoms with Crippen LogP contribution in [0.25, 0.3) is 0 Å². The molecule has 0 radical (unpaired) electrons. The molecule has 0 spiro atoms. The first kappa shape index (κ1) is 11.4. The van der Waals surface area contributed by atoms with Crippen LogP contribution in [0.2, 0.25) is 0 Å². The van der Waals surface area contributed by atoms with Crippen molar-refractivity contribution in [1.29, 1.82) is 0 Å². The minimum atomic E-state index is 0.249. The number of benzene rings is 1. The fourth-order valence-electron chi connectivity index (χ4n) is 1.76. The predicted octanol–water partition coefficient (Wildman–Crippen LogP) is 2.94. The van der Waals surface area contributed by atoms with E-state index < -0.39 is 0 Å². The first-order valence-electron chi connectivity index (χ1n) is 5.83. The van der Waals surface area contributed by atoms with Crippen LogP contribution in [0.1, 0.15) is 18.4 Å². The summed E-state index contributed by atoms with van der Waals surface area (Å²) in [6.07, 6.45) is 6.66. The first-order chi connectivity index (χ1) is 7.95. The Labute approximate surface area is 96.9 Å². The van der Waals surface area contributed by atoms with Gasteiger partial charge in [-0.2, -0.15) is 0 Å². The predicted molar refractivity (Wildman–Crippen MR) is 64.2 cm³/mol. The number of ether oxygens (including phenoxy) is 2. The highest BCUT2D eigenvalue weighted by molar-refractivity contribution is 5.13. The second-order valence-corrected chi connectivity index (χ2v) is 4.00. The van der Waals surface area contributed by atoms with Crippen LogP contribution in [-0.4, -0.2) is 19.3 Å². The Morgan fingerprint density at radius 1 is 1.19 bits per heavy atom. The van der Waals surface area contributed by atoms with Crippen molar-refractivity contribution in [1.82, 2.24) is 0 Å². The third-order valence-electron chi connectivity index (χ3n) is 2.67. The minimum absolute atomic E-state index is 0.249. The molecule has 1 heterocycles. The van der Waals surface area contributed by atoms with E-state index in [2.05, 4.69) is 24.3 Å². The lowest BCUT2D eigenvalue weighted by Gasteiger charge is -2.14. The van der Waals surface area contributed by atoms with E-state index in [-0.39, 0.29) is 6.10 Å². The number of hydrogen-bond donors (Lipinski definition) is 0. The van der Waals surface area contributed by atoms with Gasteiger partial charge in [-0.15, -0.1) is 0 Å². The number of rotatable bonds is 4. The van der Waals surface area contributed by atoms with E-state index in [9.17, 15) is 0 Å². The highest BCUT2D eigenvalue weighted by atomic mass is 16.5. The molecule has 0 saturated carbocycles. The summed E-state index contributed by atoms with van der Waals surface area (Å²) in [6, 6.07) is 10.2. The molecule has 1 aromatic carbocycles. The molecule has 2 heteroatoms. The lowest BCUT2D eigenvalue weighted by atomic mass is 10.2. The molecule has 1 atom stereocenters. The summed E-state index contributed by atoms with van der Waals surface area (Å²) in [6.45, 7) is 2.09. The monoisotopic (exact) mass is 218 g/mol. The zero-order chi connectivity index (χ0) is 11.1. The van der Waals surface area contributed by atoms with Crippen LogP contribution in [0.4, 0.5) is 0 Å². The molecule has 16 heavy (non-hydrogen) atoms. The van der Waals surface area contributed by atoms with Crippen molar-refractivity contribution in [3.8, 4) is 0 Å². The van der Waals surface area contributed by atoms with Gasteiger partial charge >= 0.3 is 0 Å². The topological polar surface area (TPSA) is 18.5 Å². The van der Waals surface area contributed by atoms with E-state index >= 15 is 0 Å². The standard InChI is InChI=1S/C14H18O2/c1-3-7-13(8-4-1)11-15-12-14-9-5-2-6-10-16-14/h1-4,6-8,14H,5,9-12H2/t14-/m0/s1. The molecule has 0 aromatic heterocycles. The summed E-state index contributed by atoms with van der Waals surface area (Å²) >= 11 is 0. The van der Waals surface area contributed by atoms with Gasteiger partial charge in [-0.1, -0.05) is 42.5 Å². The average molecular weight is 218 g/mol.